The van der Waals surface area contributed by atoms with Gasteiger partial charge >= 0.3 is 0 Å². The maximum absolute atomic E-state index is 14.8. The number of aromatic nitrogens is 2. The monoisotopic (exact) mass is 1090 g/mol. The molecule has 78 heavy (non-hydrogen) atoms. The number of likely N-dealkylation sites (tertiary alicyclic amines) is 1. The molecule has 19 heteroatoms. The quantitative estimate of drug-likeness (QED) is 0.0641. The van der Waals surface area contributed by atoms with Crippen LogP contribution in [0, 0.1) is 21.4 Å². The van der Waals surface area contributed by atoms with Gasteiger partial charge in [-0.1, -0.05) is 38.1 Å². The number of nitro groups is 1. The van der Waals surface area contributed by atoms with E-state index in [1.165, 1.54) is 42.5 Å². The van der Waals surface area contributed by atoms with Gasteiger partial charge in [0.05, 0.1) is 52.5 Å². The first-order valence-corrected chi connectivity index (χ1v) is 30.0. The second-order valence-electron chi connectivity index (χ2n) is 24.0. The lowest BCUT2D eigenvalue weighted by atomic mass is 9.59. The van der Waals surface area contributed by atoms with Crippen LogP contribution in [-0.2, 0) is 19.5 Å². The molecule has 6 fully saturated rings. The molecule has 2 aliphatic carbocycles. The number of fused-ring (bicyclic) bond motifs is 3. The number of aliphatic hydroxyl groups is 1. The summed E-state index contributed by atoms with van der Waals surface area (Å²) in [6.07, 6.45) is 11.5. The van der Waals surface area contributed by atoms with Gasteiger partial charge in [-0.2, -0.15) is 4.98 Å². The van der Waals surface area contributed by atoms with Gasteiger partial charge in [-0.05, 0) is 148 Å². The molecule has 0 unspecified atom stereocenters. The van der Waals surface area contributed by atoms with Gasteiger partial charge in [0, 0.05) is 87.3 Å². The Morgan fingerprint density at radius 1 is 0.897 bits per heavy atom. The van der Waals surface area contributed by atoms with Crippen molar-refractivity contribution in [1.82, 2.24) is 24.5 Å². The summed E-state index contributed by atoms with van der Waals surface area (Å²) < 4.78 is 49.1. The zero-order chi connectivity index (χ0) is 53.9. The summed E-state index contributed by atoms with van der Waals surface area (Å²) in [5.74, 6) is 0.140. The van der Waals surface area contributed by atoms with E-state index < -0.39 is 43.1 Å². The van der Waals surface area contributed by atoms with Crippen molar-refractivity contribution in [2.75, 3.05) is 80.8 Å². The van der Waals surface area contributed by atoms with E-state index in [0.29, 0.717) is 86.0 Å². The van der Waals surface area contributed by atoms with E-state index in [9.17, 15) is 28.4 Å². The number of piperidine rings is 2. The van der Waals surface area contributed by atoms with Gasteiger partial charge in [0.2, 0.25) is 5.88 Å². The molecular weight excluding hydrogens is 1010 g/mol. The molecule has 4 saturated heterocycles. The third-order valence-corrected chi connectivity index (χ3v) is 20.0. The summed E-state index contributed by atoms with van der Waals surface area (Å²) in [6, 6.07) is 23.5. The molecule has 18 nitrogen and oxygen atoms in total. The van der Waals surface area contributed by atoms with Crippen LogP contribution < -0.4 is 24.6 Å². The van der Waals surface area contributed by atoms with Gasteiger partial charge in [-0.15, -0.1) is 0 Å². The van der Waals surface area contributed by atoms with E-state index in [4.69, 9.17) is 19.2 Å². The minimum Gasteiger partial charge on any atom is -0.468 e. The van der Waals surface area contributed by atoms with Gasteiger partial charge in [0.25, 0.3) is 21.6 Å². The Balaban J connectivity index is 0.806. The molecule has 5 aromatic rings. The van der Waals surface area contributed by atoms with Crippen LogP contribution in [0.4, 0.5) is 28.4 Å². The molecule has 4 atom stereocenters. The molecule has 7 aliphatic rings. The number of hydrogen-bond acceptors (Lipinski definition) is 15. The van der Waals surface area contributed by atoms with E-state index >= 15 is 0 Å². The van der Waals surface area contributed by atoms with Crippen LogP contribution in [0.2, 0.25) is 0 Å². The average molecular weight is 1090 g/mol. The van der Waals surface area contributed by atoms with Gasteiger partial charge in [0.1, 0.15) is 23.1 Å². The van der Waals surface area contributed by atoms with Crippen LogP contribution in [0.1, 0.15) is 125 Å². The van der Waals surface area contributed by atoms with Gasteiger partial charge in [-0.3, -0.25) is 24.7 Å². The number of nitrogens with one attached hydrogen (secondary N) is 3. The zero-order valence-electron chi connectivity index (χ0n) is 45.2. The molecule has 2 aromatic heterocycles. The lowest BCUT2D eigenvalue weighted by molar-refractivity contribution is -0.384. The molecule has 416 valence electrons. The van der Waals surface area contributed by atoms with E-state index in [-0.39, 0.29) is 28.6 Å². The van der Waals surface area contributed by atoms with Crippen LogP contribution >= 0.6 is 0 Å². The van der Waals surface area contributed by atoms with Gasteiger partial charge in [-0.25, -0.2) is 13.1 Å². The topological polar surface area (TPSA) is 208 Å². The van der Waals surface area contributed by atoms with Crippen molar-refractivity contribution >= 4 is 55.4 Å². The largest absolute Gasteiger partial charge is 0.468 e. The Labute approximate surface area is 457 Å². The number of H-pyrrole nitrogens is 1. The first kappa shape index (κ1) is 52.8. The number of nitrogens with zero attached hydrogens (tertiary/aromatic N) is 6. The normalized spacial score (nSPS) is 27.0. The second-order valence-corrected chi connectivity index (χ2v) is 25.7. The third kappa shape index (κ3) is 10.5. The number of sulfonamides is 1. The third-order valence-electron chi connectivity index (χ3n) is 18.7. The summed E-state index contributed by atoms with van der Waals surface area (Å²) in [4.78, 5) is 44.3. The van der Waals surface area contributed by atoms with Crippen LogP contribution in [0.3, 0.4) is 0 Å². The molecule has 12 rings (SSSR count). The molecule has 2 saturated carbocycles. The minimum atomic E-state index is -4.63. The van der Waals surface area contributed by atoms with Crippen LogP contribution in [0.15, 0.2) is 83.9 Å². The Kier molecular flexibility index (Phi) is 14.5. The summed E-state index contributed by atoms with van der Waals surface area (Å²) in [7, 11) is -4.63. The van der Waals surface area contributed by atoms with Gasteiger partial charge < -0.3 is 39.4 Å². The summed E-state index contributed by atoms with van der Waals surface area (Å²) in [5.41, 5.74) is 5.09. The predicted molar refractivity (Wildman–Crippen MR) is 299 cm³/mol. The number of ether oxygens (including phenoxy) is 3. The molecule has 4 N–H and O–H groups in total. The van der Waals surface area contributed by atoms with E-state index in [0.717, 1.165) is 95.2 Å². The number of carbonyl (C=O) groups is 1. The number of morpholine rings is 1. The van der Waals surface area contributed by atoms with E-state index in [2.05, 4.69) is 72.7 Å². The maximum atomic E-state index is 14.8. The summed E-state index contributed by atoms with van der Waals surface area (Å²) >= 11 is 0. The fourth-order valence-electron chi connectivity index (χ4n) is 14.2. The SMILES string of the molecule is CC(C)c1ccccc1[C@@H]1C[C@H](N2CCOCC2)CCN1C1CC2(CCN(c3ccc(C(=O)NS(=O)(=O)c4ccc(NCC5CCC(C)(O)CC5)c([N+](=O)[O-])c4)c(N4c5cc6cc[nH]c6nc5O[C@H]5COCC[C@@H]54)c3)CC2)C1. The smallest absolute Gasteiger partial charge is 0.293 e. The summed E-state index contributed by atoms with van der Waals surface area (Å²) in [5, 5.41) is 26.9. The molecule has 3 aromatic carbocycles. The zero-order valence-corrected chi connectivity index (χ0v) is 46.0. The van der Waals surface area contributed by atoms with Crippen molar-refractivity contribution < 1.29 is 37.5 Å². The molecule has 7 heterocycles. The standard InChI is InChI=1S/C59H75N9O9S/c1-38(2)45-6-4-5-7-46(45)50-31-42(65-25-28-75-29-26-65)15-22-66(50)43-34-59(35-43)19-23-64(24-20-59)41-8-10-47(51(32-41)67-49-16-27-76-37-54(49)77-57-53(67)30-40-14-21-60-55(40)62-57)56(69)63-78(73,74)44-9-11-48(52(33-44)68(71)72)61-36-39-12-17-58(3,70)18-13-39/h4-11,14,21,30,32-33,38-39,42-43,49-50,54,61,70H,12-13,15-20,22-29,31,34-37H2,1-3H3,(H,60,62)(H,63,69)/t39?,42-,49+,50+,54+,58?/m1/s1. The van der Waals surface area contributed by atoms with Crippen molar-refractivity contribution in [2.45, 2.75) is 138 Å². The number of rotatable bonds is 13. The molecule has 1 spiro atoms. The van der Waals surface area contributed by atoms with E-state index in [1.54, 1.807) is 6.07 Å². The molecule has 0 bridgehead atoms. The highest BCUT2D eigenvalue weighted by molar-refractivity contribution is 7.90. The van der Waals surface area contributed by atoms with Crippen molar-refractivity contribution in [3.8, 4) is 5.88 Å². The van der Waals surface area contributed by atoms with Crippen LogP contribution in [-0.4, -0.2) is 140 Å². The Hall–Kier alpha value is -5.83. The number of benzene rings is 3. The number of anilines is 4. The number of aromatic amines is 1. The fraction of sp³-hybridized carbons (Fsp3) is 0.559. The highest BCUT2D eigenvalue weighted by atomic mass is 32.2. The molecular formula is C59H75N9O9S. The Morgan fingerprint density at radius 3 is 2.45 bits per heavy atom. The average Bonchev–Trinajstić information content (AvgIpc) is 3.92. The van der Waals surface area contributed by atoms with Crippen molar-refractivity contribution in [2.24, 2.45) is 11.3 Å². The second kappa shape index (κ2) is 21.3. The van der Waals surface area contributed by atoms with Gasteiger partial charge in [0.15, 0.2) is 0 Å². The van der Waals surface area contributed by atoms with Crippen LogP contribution in [0.5, 0.6) is 5.88 Å². The number of pyridine rings is 1. The summed E-state index contributed by atoms with van der Waals surface area (Å²) in [6.45, 7) is 14.1. The predicted octanol–water partition coefficient (Wildman–Crippen LogP) is 9.04. The highest BCUT2D eigenvalue weighted by Crippen LogP contribution is 2.55. The van der Waals surface area contributed by atoms with Crippen molar-refractivity contribution in [1.29, 1.82) is 0 Å². The lowest BCUT2D eigenvalue weighted by Gasteiger charge is -2.58. The lowest BCUT2D eigenvalue weighted by Crippen LogP contribution is -2.59. The minimum absolute atomic E-state index is 0.120. The maximum Gasteiger partial charge on any atom is 0.293 e. The first-order valence-electron chi connectivity index (χ1n) is 28.5. The first-order chi connectivity index (χ1) is 37.6. The molecule has 5 aliphatic heterocycles. The van der Waals surface area contributed by atoms with E-state index in [1.807, 2.05) is 37.4 Å². The molecule has 1 amide bonds. The number of hydrogen-bond donors (Lipinski definition) is 4. The van der Waals surface area contributed by atoms with Crippen molar-refractivity contribution in [3.05, 3.63) is 106 Å². The molecule has 0 radical (unpaired) electrons. The Bertz CT molecular complexity index is 3140. The van der Waals surface area contributed by atoms with Crippen LogP contribution in [0.25, 0.3) is 11.0 Å². The highest BCUT2D eigenvalue weighted by Gasteiger charge is 2.51. The number of amides is 1. The Morgan fingerprint density at radius 2 is 1.68 bits per heavy atom. The van der Waals surface area contributed by atoms with Crippen molar-refractivity contribution in [3.63, 3.8) is 0 Å². The fourth-order valence-corrected chi connectivity index (χ4v) is 15.2. The number of carbonyl (C=O) groups excluding carboxylic acids is 1. The number of nitro benzene ring substituents is 1.